The first kappa shape index (κ1) is 17.1. The number of fused-ring (bicyclic) bond motifs is 1. The molecule has 5 nitrogen and oxygen atoms in total. The summed E-state index contributed by atoms with van der Waals surface area (Å²) in [5, 5.41) is 3.15. The Kier molecular flexibility index (Phi) is 5.28. The first-order valence-electron chi connectivity index (χ1n) is 7.04. The van der Waals surface area contributed by atoms with E-state index >= 15 is 0 Å². The van der Waals surface area contributed by atoms with Crippen molar-refractivity contribution >= 4 is 52.5 Å². The largest absolute Gasteiger partial charge is 0.461 e. The van der Waals surface area contributed by atoms with Crippen LogP contribution in [0.15, 0.2) is 41.4 Å². The normalized spacial score (nSPS) is 16.2. The number of hydrogen-bond donors (Lipinski definition) is 1. The van der Waals surface area contributed by atoms with E-state index in [0.717, 1.165) is 10.5 Å². The maximum atomic E-state index is 12.1. The molecule has 1 aromatic carbocycles. The highest BCUT2D eigenvalue weighted by atomic mass is 35.5. The molecule has 0 fully saturated rings. The molecule has 0 bridgehead atoms. The minimum Gasteiger partial charge on any atom is -0.461 e. The minimum atomic E-state index is -0.533. The molecule has 0 spiro atoms. The molecule has 1 amide bonds. The Morgan fingerprint density at radius 3 is 2.88 bits per heavy atom. The Bertz CT molecular complexity index is 783. The molecule has 1 N–H and O–H groups in total. The Morgan fingerprint density at radius 1 is 1.29 bits per heavy atom. The summed E-state index contributed by atoms with van der Waals surface area (Å²) in [5.74, 6) is -0.685. The number of ether oxygens (including phenoxy) is 1. The fourth-order valence-corrected chi connectivity index (χ4v) is 3.48. The summed E-state index contributed by atoms with van der Waals surface area (Å²) in [7, 11) is 0. The lowest BCUT2D eigenvalue weighted by atomic mass is 10.2. The number of aromatic nitrogens is 1. The van der Waals surface area contributed by atoms with Gasteiger partial charge in [0.05, 0.1) is 17.4 Å². The molecule has 0 aliphatic carbocycles. The molecule has 24 heavy (non-hydrogen) atoms. The van der Waals surface area contributed by atoms with Gasteiger partial charge < -0.3 is 10.1 Å². The van der Waals surface area contributed by atoms with Crippen molar-refractivity contribution in [1.82, 2.24) is 4.98 Å². The maximum Gasteiger partial charge on any atom is 0.307 e. The van der Waals surface area contributed by atoms with Gasteiger partial charge in [0, 0.05) is 21.7 Å². The van der Waals surface area contributed by atoms with Crippen LogP contribution in [0, 0.1) is 0 Å². The lowest BCUT2D eigenvalue weighted by Gasteiger charge is -2.23. The van der Waals surface area contributed by atoms with E-state index in [4.69, 9.17) is 27.9 Å². The van der Waals surface area contributed by atoms with E-state index < -0.39 is 11.2 Å². The quantitative estimate of drug-likeness (QED) is 0.640. The number of nitrogens with one attached hydrogen (secondary N) is 1. The fraction of sp³-hybridized carbons (Fsp3) is 0.188. The van der Waals surface area contributed by atoms with Gasteiger partial charge >= 0.3 is 5.97 Å². The molecule has 1 atom stereocenters. The Hall–Kier alpha value is -1.76. The van der Waals surface area contributed by atoms with Gasteiger partial charge in [-0.25, -0.2) is 4.98 Å². The van der Waals surface area contributed by atoms with Gasteiger partial charge in [0.2, 0.25) is 5.91 Å². The van der Waals surface area contributed by atoms with Crippen molar-refractivity contribution in [2.75, 3.05) is 5.32 Å². The van der Waals surface area contributed by atoms with Crippen LogP contribution < -0.4 is 5.32 Å². The van der Waals surface area contributed by atoms with E-state index in [1.165, 1.54) is 18.0 Å². The van der Waals surface area contributed by atoms with Gasteiger partial charge in [-0.2, -0.15) is 0 Å². The van der Waals surface area contributed by atoms with E-state index in [2.05, 4.69) is 10.3 Å². The van der Waals surface area contributed by atoms with Crippen LogP contribution in [0.25, 0.3) is 0 Å². The molecule has 0 saturated carbocycles. The van der Waals surface area contributed by atoms with Crippen molar-refractivity contribution in [2.45, 2.75) is 23.2 Å². The number of carbonyl (C=O) groups is 2. The smallest absolute Gasteiger partial charge is 0.307 e. The third-order valence-electron chi connectivity index (χ3n) is 3.30. The monoisotopic (exact) mass is 382 g/mol. The Morgan fingerprint density at radius 2 is 2.12 bits per heavy atom. The van der Waals surface area contributed by atoms with Gasteiger partial charge in [0.25, 0.3) is 0 Å². The molecule has 1 aliphatic rings. The summed E-state index contributed by atoms with van der Waals surface area (Å²) in [6.45, 7) is 0.0915. The van der Waals surface area contributed by atoms with E-state index in [9.17, 15) is 9.59 Å². The second kappa shape index (κ2) is 7.42. The Balaban J connectivity index is 1.57. The lowest BCUT2D eigenvalue weighted by molar-refractivity contribution is -0.145. The van der Waals surface area contributed by atoms with Crippen LogP contribution in [0.2, 0.25) is 10.2 Å². The number of anilines is 1. The van der Waals surface area contributed by atoms with Crippen LogP contribution in [0.4, 0.5) is 5.69 Å². The summed E-state index contributed by atoms with van der Waals surface area (Å²) in [6, 6.07) is 8.60. The van der Waals surface area contributed by atoms with Crippen molar-refractivity contribution in [2.24, 2.45) is 0 Å². The summed E-state index contributed by atoms with van der Waals surface area (Å²) >= 11 is 12.9. The van der Waals surface area contributed by atoms with Gasteiger partial charge in [-0.05, 0) is 24.3 Å². The fourth-order valence-electron chi connectivity index (χ4n) is 2.12. The topological polar surface area (TPSA) is 68.3 Å². The number of rotatable bonds is 4. The predicted molar refractivity (Wildman–Crippen MR) is 93.4 cm³/mol. The number of nitrogens with zero attached hydrogens (tertiary/aromatic N) is 1. The zero-order valence-corrected chi connectivity index (χ0v) is 14.6. The average molecular weight is 383 g/mol. The molecule has 1 aliphatic heterocycles. The number of hydrogen-bond acceptors (Lipinski definition) is 5. The molecule has 2 aromatic rings. The van der Waals surface area contributed by atoms with Crippen molar-refractivity contribution in [3.05, 3.63) is 52.3 Å². The molecular weight excluding hydrogens is 371 g/mol. The summed E-state index contributed by atoms with van der Waals surface area (Å²) in [4.78, 5) is 28.9. The summed E-state index contributed by atoms with van der Waals surface area (Å²) < 4.78 is 5.19. The molecule has 0 saturated heterocycles. The highest BCUT2D eigenvalue weighted by molar-refractivity contribution is 8.01. The van der Waals surface area contributed by atoms with E-state index in [1.54, 1.807) is 24.3 Å². The lowest BCUT2D eigenvalue weighted by Crippen LogP contribution is -2.31. The highest BCUT2D eigenvalue weighted by Gasteiger charge is 2.29. The van der Waals surface area contributed by atoms with E-state index in [1.807, 2.05) is 6.07 Å². The second-order valence-corrected chi connectivity index (χ2v) is 7.16. The number of thioether (sulfide) groups is 1. The number of carbonyl (C=O) groups excluding carboxylic acids is 2. The first-order chi connectivity index (χ1) is 11.5. The molecule has 1 unspecified atom stereocenters. The number of benzene rings is 1. The first-order valence-corrected chi connectivity index (χ1v) is 8.68. The number of esters is 1. The van der Waals surface area contributed by atoms with Crippen molar-refractivity contribution in [3.63, 3.8) is 0 Å². The van der Waals surface area contributed by atoms with Gasteiger partial charge in [0.15, 0.2) is 0 Å². The zero-order valence-electron chi connectivity index (χ0n) is 12.3. The van der Waals surface area contributed by atoms with Crippen LogP contribution in [0.5, 0.6) is 0 Å². The molecule has 3 rings (SSSR count). The standard InChI is InChI=1S/C16H12Cl2N2O3S/c17-10-2-3-12-11(5-10)20-16(22)13(24-12)6-15(21)23-8-9-1-4-14(18)19-7-9/h1-5,7,13H,6,8H2,(H,20,22). The van der Waals surface area contributed by atoms with Crippen LogP contribution in [-0.2, 0) is 20.9 Å². The molecular formula is C16H12Cl2N2O3S. The summed E-state index contributed by atoms with van der Waals surface area (Å²) in [6.07, 6.45) is 1.53. The molecule has 1 aromatic heterocycles. The third kappa shape index (κ3) is 4.20. The van der Waals surface area contributed by atoms with Crippen molar-refractivity contribution < 1.29 is 14.3 Å². The zero-order chi connectivity index (χ0) is 17.1. The molecule has 124 valence electrons. The second-order valence-electron chi connectivity index (χ2n) is 5.09. The minimum absolute atomic E-state index is 0.0143. The average Bonchev–Trinajstić information content (AvgIpc) is 2.55. The van der Waals surface area contributed by atoms with E-state index in [-0.39, 0.29) is 18.9 Å². The SMILES string of the molecule is O=C(CC1Sc2ccc(Cl)cc2NC1=O)OCc1ccc(Cl)nc1. The number of pyridine rings is 1. The summed E-state index contributed by atoms with van der Waals surface area (Å²) in [5.41, 5.74) is 1.39. The Labute approximate surface area is 152 Å². The molecule has 2 heterocycles. The maximum absolute atomic E-state index is 12.1. The van der Waals surface area contributed by atoms with Crippen LogP contribution in [0.3, 0.4) is 0 Å². The number of halogens is 2. The molecule has 0 radical (unpaired) electrons. The third-order valence-corrected chi connectivity index (χ3v) is 5.04. The highest BCUT2D eigenvalue weighted by Crippen LogP contribution is 2.38. The van der Waals surface area contributed by atoms with Gasteiger partial charge in [-0.3, -0.25) is 9.59 Å². The van der Waals surface area contributed by atoms with Crippen LogP contribution >= 0.6 is 35.0 Å². The number of amides is 1. The van der Waals surface area contributed by atoms with Gasteiger partial charge in [0.1, 0.15) is 11.8 Å². The van der Waals surface area contributed by atoms with Gasteiger partial charge in [-0.1, -0.05) is 29.3 Å². The van der Waals surface area contributed by atoms with Gasteiger partial charge in [-0.15, -0.1) is 11.8 Å². The predicted octanol–water partition coefficient (Wildman–Crippen LogP) is 3.93. The molecule has 8 heteroatoms. The van der Waals surface area contributed by atoms with Crippen LogP contribution in [0.1, 0.15) is 12.0 Å². The van der Waals surface area contributed by atoms with Crippen LogP contribution in [-0.4, -0.2) is 22.1 Å². The van der Waals surface area contributed by atoms with E-state index in [0.29, 0.717) is 15.9 Å². The van der Waals surface area contributed by atoms with Crippen molar-refractivity contribution in [1.29, 1.82) is 0 Å². The van der Waals surface area contributed by atoms with Crippen molar-refractivity contribution in [3.8, 4) is 0 Å².